The number of ether oxygens (including phenoxy) is 3. The maximum atomic E-state index is 12.7. The van der Waals surface area contributed by atoms with Crippen LogP contribution in [0, 0.1) is 0 Å². The van der Waals surface area contributed by atoms with E-state index in [4.69, 9.17) is 14.2 Å². The van der Waals surface area contributed by atoms with Crippen molar-refractivity contribution < 1.29 is 23.8 Å². The van der Waals surface area contributed by atoms with Crippen molar-refractivity contribution in [3.05, 3.63) is 108 Å². The first kappa shape index (κ1) is 25.7. The molecule has 0 bridgehead atoms. The van der Waals surface area contributed by atoms with Crippen molar-refractivity contribution in [3.8, 4) is 21.9 Å². The van der Waals surface area contributed by atoms with Gasteiger partial charge in [-0.15, -0.1) is 11.3 Å². The summed E-state index contributed by atoms with van der Waals surface area (Å²) >= 11 is 1.33. The van der Waals surface area contributed by atoms with E-state index in [0.29, 0.717) is 28.7 Å². The molecule has 7 heteroatoms. The Morgan fingerprint density at radius 2 is 1.65 bits per heavy atom. The quantitative estimate of drug-likeness (QED) is 0.186. The number of rotatable bonds is 10. The molecule has 0 radical (unpaired) electrons. The number of methoxy groups -OCH3 is 1. The first-order chi connectivity index (χ1) is 18.1. The van der Waals surface area contributed by atoms with Crippen LogP contribution in [-0.4, -0.2) is 25.6 Å². The molecule has 0 saturated carbocycles. The van der Waals surface area contributed by atoms with Crippen molar-refractivity contribution in [2.45, 2.75) is 13.5 Å². The van der Waals surface area contributed by atoms with Gasteiger partial charge in [-0.1, -0.05) is 66.7 Å². The van der Waals surface area contributed by atoms with Crippen molar-refractivity contribution in [2.24, 2.45) is 0 Å². The predicted octanol–water partition coefficient (Wildman–Crippen LogP) is 6.83. The Labute approximate surface area is 220 Å². The number of anilines is 1. The lowest BCUT2D eigenvalue weighted by atomic mass is 10.1. The Balaban J connectivity index is 1.47. The van der Waals surface area contributed by atoms with Crippen molar-refractivity contribution >= 4 is 34.3 Å². The molecule has 0 unspecified atom stereocenters. The molecule has 0 aliphatic rings. The number of esters is 1. The van der Waals surface area contributed by atoms with Crippen LogP contribution >= 0.6 is 11.3 Å². The largest absolute Gasteiger partial charge is 0.493 e. The van der Waals surface area contributed by atoms with Gasteiger partial charge >= 0.3 is 5.97 Å². The highest BCUT2D eigenvalue weighted by atomic mass is 32.1. The normalized spacial score (nSPS) is 10.8. The van der Waals surface area contributed by atoms with E-state index in [2.05, 4.69) is 5.32 Å². The molecule has 6 nitrogen and oxygen atoms in total. The highest BCUT2D eigenvalue weighted by molar-refractivity contribution is 7.20. The lowest BCUT2D eigenvalue weighted by Gasteiger charge is -2.11. The summed E-state index contributed by atoms with van der Waals surface area (Å²) < 4.78 is 16.6. The number of hydrogen-bond donors (Lipinski definition) is 1. The van der Waals surface area contributed by atoms with Crippen molar-refractivity contribution in [2.75, 3.05) is 19.0 Å². The molecule has 0 fully saturated rings. The van der Waals surface area contributed by atoms with E-state index in [9.17, 15) is 9.59 Å². The van der Waals surface area contributed by atoms with Gasteiger partial charge in [0.05, 0.1) is 19.3 Å². The van der Waals surface area contributed by atoms with Gasteiger partial charge in [-0.2, -0.15) is 0 Å². The Morgan fingerprint density at radius 1 is 0.919 bits per heavy atom. The van der Waals surface area contributed by atoms with Crippen molar-refractivity contribution in [1.29, 1.82) is 0 Å². The van der Waals surface area contributed by atoms with E-state index in [-0.39, 0.29) is 12.5 Å². The molecule has 0 atom stereocenters. The van der Waals surface area contributed by atoms with E-state index >= 15 is 0 Å². The van der Waals surface area contributed by atoms with E-state index in [1.54, 1.807) is 32.2 Å². The molecular formula is C30H27NO5S. The zero-order valence-corrected chi connectivity index (χ0v) is 21.4. The predicted molar refractivity (Wildman–Crippen MR) is 147 cm³/mol. The van der Waals surface area contributed by atoms with Crippen LogP contribution < -0.4 is 14.8 Å². The second-order valence-electron chi connectivity index (χ2n) is 7.95. The van der Waals surface area contributed by atoms with Crippen LogP contribution in [0.25, 0.3) is 16.5 Å². The van der Waals surface area contributed by atoms with E-state index in [1.807, 2.05) is 72.8 Å². The standard InChI is InChI=1S/C30H27NO5S/c1-3-35-30(33)24-19-27(23-12-8-5-9-13-23)37-29(24)31-28(32)17-15-21-14-16-25(26(18-21)34-2)36-20-22-10-6-4-7-11-22/h4-19H,3,20H2,1-2H3,(H,31,32)/b17-15+. The summed E-state index contributed by atoms with van der Waals surface area (Å²) in [6.07, 6.45) is 3.09. The van der Waals surface area contributed by atoms with Gasteiger partial charge in [-0.05, 0) is 47.9 Å². The monoisotopic (exact) mass is 513 g/mol. The molecule has 4 aromatic rings. The van der Waals surface area contributed by atoms with Gasteiger partial charge in [0.15, 0.2) is 11.5 Å². The number of carbonyl (C=O) groups is 2. The summed E-state index contributed by atoms with van der Waals surface area (Å²) in [4.78, 5) is 26.1. The number of amides is 1. The number of thiophene rings is 1. The average molecular weight is 514 g/mol. The molecule has 4 rings (SSSR count). The van der Waals surface area contributed by atoms with Gasteiger partial charge in [0.1, 0.15) is 11.6 Å². The first-order valence-electron chi connectivity index (χ1n) is 11.8. The van der Waals surface area contributed by atoms with Crippen molar-refractivity contribution in [3.63, 3.8) is 0 Å². The molecule has 1 amide bonds. The second-order valence-corrected chi connectivity index (χ2v) is 9.00. The molecule has 1 aromatic heterocycles. The van der Waals surface area contributed by atoms with Crippen LogP contribution in [0.4, 0.5) is 5.00 Å². The molecular weight excluding hydrogens is 486 g/mol. The van der Waals surface area contributed by atoms with Crippen LogP contribution in [0.5, 0.6) is 11.5 Å². The fourth-order valence-corrected chi connectivity index (χ4v) is 4.61. The SMILES string of the molecule is CCOC(=O)c1cc(-c2ccccc2)sc1NC(=O)/C=C/c1ccc(OCc2ccccc2)c(OC)c1. The van der Waals surface area contributed by atoms with Gasteiger partial charge in [0.25, 0.3) is 0 Å². The van der Waals surface area contributed by atoms with Gasteiger partial charge in [-0.25, -0.2) is 4.79 Å². The van der Waals surface area contributed by atoms with E-state index < -0.39 is 5.97 Å². The van der Waals surface area contributed by atoms with Crippen LogP contribution in [0.2, 0.25) is 0 Å². The molecule has 0 aliphatic heterocycles. The van der Waals surface area contributed by atoms with E-state index in [0.717, 1.165) is 21.6 Å². The van der Waals surface area contributed by atoms with Crippen LogP contribution in [-0.2, 0) is 16.1 Å². The summed E-state index contributed by atoms with van der Waals surface area (Å²) in [5, 5.41) is 3.26. The molecule has 0 spiro atoms. The van der Waals surface area contributed by atoms with E-state index in [1.165, 1.54) is 17.4 Å². The maximum absolute atomic E-state index is 12.7. The van der Waals surface area contributed by atoms with Gasteiger partial charge < -0.3 is 19.5 Å². The fourth-order valence-electron chi connectivity index (χ4n) is 3.56. The fraction of sp³-hybridized carbons (Fsp3) is 0.133. The summed E-state index contributed by atoms with van der Waals surface area (Å²) in [7, 11) is 1.57. The minimum Gasteiger partial charge on any atom is -0.493 e. The van der Waals surface area contributed by atoms with Gasteiger partial charge in [0, 0.05) is 11.0 Å². The Bertz CT molecular complexity index is 1380. The number of benzene rings is 3. The molecule has 37 heavy (non-hydrogen) atoms. The molecule has 1 heterocycles. The lowest BCUT2D eigenvalue weighted by molar-refractivity contribution is -0.111. The summed E-state index contributed by atoms with van der Waals surface area (Å²) in [5.74, 6) is 0.333. The van der Waals surface area contributed by atoms with Crippen LogP contribution in [0.1, 0.15) is 28.4 Å². The average Bonchev–Trinajstić information content (AvgIpc) is 3.36. The molecule has 3 aromatic carbocycles. The topological polar surface area (TPSA) is 73.9 Å². The highest BCUT2D eigenvalue weighted by Gasteiger charge is 2.19. The number of carbonyl (C=O) groups excluding carboxylic acids is 2. The molecule has 1 N–H and O–H groups in total. The third-order valence-electron chi connectivity index (χ3n) is 5.37. The minimum atomic E-state index is -0.476. The summed E-state index contributed by atoms with van der Waals surface area (Å²) in [6, 6.07) is 26.7. The van der Waals surface area contributed by atoms with Crippen molar-refractivity contribution in [1.82, 2.24) is 0 Å². The number of hydrogen-bond acceptors (Lipinski definition) is 6. The Morgan fingerprint density at radius 3 is 2.35 bits per heavy atom. The van der Waals surface area contributed by atoms with Gasteiger partial charge in [-0.3, -0.25) is 4.79 Å². The second kappa shape index (κ2) is 12.6. The zero-order valence-electron chi connectivity index (χ0n) is 20.6. The van der Waals surface area contributed by atoms with Crippen LogP contribution in [0.3, 0.4) is 0 Å². The first-order valence-corrected chi connectivity index (χ1v) is 12.6. The lowest BCUT2D eigenvalue weighted by Crippen LogP contribution is -2.11. The molecule has 0 saturated heterocycles. The summed E-state index contributed by atoms with van der Waals surface area (Å²) in [5.41, 5.74) is 3.10. The van der Waals surface area contributed by atoms with Gasteiger partial charge in [0.2, 0.25) is 5.91 Å². The summed E-state index contributed by atoms with van der Waals surface area (Å²) in [6.45, 7) is 2.41. The minimum absolute atomic E-state index is 0.246. The Kier molecular flexibility index (Phi) is 8.73. The van der Waals surface area contributed by atoms with Crippen LogP contribution in [0.15, 0.2) is 91.0 Å². The third-order valence-corrected chi connectivity index (χ3v) is 6.47. The maximum Gasteiger partial charge on any atom is 0.341 e. The smallest absolute Gasteiger partial charge is 0.341 e. The molecule has 0 aliphatic carbocycles. The Hall–Kier alpha value is -4.36. The zero-order chi connectivity index (χ0) is 26.0. The number of nitrogens with one attached hydrogen (secondary N) is 1. The molecule has 188 valence electrons. The highest BCUT2D eigenvalue weighted by Crippen LogP contribution is 2.36. The third kappa shape index (κ3) is 6.86.